The summed E-state index contributed by atoms with van der Waals surface area (Å²) in [6.07, 6.45) is 5.29. The Morgan fingerprint density at radius 3 is 2.81 bits per heavy atom. The van der Waals surface area contributed by atoms with Gasteiger partial charge in [-0.2, -0.15) is 0 Å². The summed E-state index contributed by atoms with van der Waals surface area (Å²) >= 11 is 0. The number of ether oxygens (including phenoxy) is 1. The Morgan fingerprint density at radius 1 is 1.23 bits per heavy atom. The summed E-state index contributed by atoms with van der Waals surface area (Å²) in [6.45, 7) is 5.29. The van der Waals surface area contributed by atoms with Crippen LogP contribution in [-0.4, -0.2) is 65.0 Å². The molecule has 1 atom stereocenters. The molecule has 0 bridgehead atoms. The Morgan fingerprint density at radius 2 is 2.03 bits per heavy atom. The van der Waals surface area contributed by atoms with Gasteiger partial charge in [-0.3, -0.25) is 9.69 Å². The topological polar surface area (TPSA) is 50.1 Å². The molecule has 0 aliphatic carbocycles. The van der Waals surface area contributed by atoms with Crippen LogP contribution in [0.25, 0.3) is 5.65 Å². The lowest BCUT2D eigenvalue weighted by atomic mass is 10.1. The minimum absolute atomic E-state index is 0.0191. The summed E-state index contributed by atoms with van der Waals surface area (Å²) in [7, 11) is 3.65. The molecule has 1 aromatic carbocycles. The van der Waals surface area contributed by atoms with E-state index in [2.05, 4.69) is 21.4 Å². The fourth-order valence-electron chi connectivity index (χ4n) is 4.36. The largest absolute Gasteiger partial charge is 0.380 e. The first kappa shape index (κ1) is 21.5. The predicted octanol–water partition coefficient (Wildman–Crippen LogP) is 3.57. The fraction of sp³-hybridized carbons (Fsp3) is 0.440. The number of rotatable bonds is 7. The standard InChI is InChI=1S/C25H32N4O2/c1-19-9-7-15-29-22(18-28-14-8-12-21(17-28)31-3)23(26-24(19)29)25(30)27(2)16-13-20-10-5-4-6-11-20/h4-7,9-11,15,21H,8,12-14,16-18H2,1-3H3/t21-/m1/s1. The van der Waals surface area contributed by atoms with Gasteiger partial charge in [0.05, 0.1) is 11.8 Å². The monoisotopic (exact) mass is 420 g/mol. The van der Waals surface area contributed by atoms with Crippen molar-refractivity contribution >= 4 is 11.6 Å². The van der Waals surface area contributed by atoms with Gasteiger partial charge >= 0.3 is 0 Å². The smallest absolute Gasteiger partial charge is 0.274 e. The highest BCUT2D eigenvalue weighted by atomic mass is 16.5. The molecule has 4 rings (SSSR count). The van der Waals surface area contributed by atoms with Gasteiger partial charge in [-0.05, 0) is 49.9 Å². The van der Waals surface area contributed by atoms with Crippen molar-refractivity contribution in [2.24, 2.45) is 0 Å². The zero-order chi connectivity index (χ0) is 21.8. The normalized spacial score (nSPS) is 17.2. The van der Waals surface area contributed by atoms with Crippen molar-refractivity contribution in [2.75, 3.05) is 33.8 Å². The van der Waals surface area contributed by atoms with E-state index in [-0.39, 0.29) is 12.0 Å². The average Bonchev–Trinajstić information content (AvgIpc) is 3.17. The van der Waals surface area contributed by atoms with Gasteiger partial charge in [0.25, 0.3) is 5.91 Å². The van der Waals surface area contributed by atoms with Crippen molar-refractivity contribution < 1.29 is 9.53 Å². The van der Waals surface area contributed by atoms with Crippen LogP contribution < -0.4 is 0 Å². The van der Waals surface area contributed by atoms with Crippen molar-refractivity contribution in [1.29, 1.82) is 0 Å². The van der Waals surface area contributed by atoms with Gasteiger partial charge in [0.15, 0.2) is 5.69 Å². The van der Waals surface area contributed by atoms with Gasteiger partial charge in [-0.1, -0.05) is 36.4 Å². The number of imidazole rings is 1. The first-order valence-corrected chi connectivity index (χ1v) is 11.1. The van der Waals surface area contributed by atoms with E-state index in [9.17, 15) is 4.79 Å². The number of amides is 1. The van der Waals surface area contributed by atoms with Gasteiger partial charge in [-0.15, -0.1) is 0 Å². The molecule has 0 radical (unpaired) electrons. The van der Waals surface area contributed by atoms with Gasteiger partial charge in [0, 0.05) is 40.0 Å². The number of methoxy groups -OCH3 is 1. The molecule has 3 heterocycles. The highest BCUT2D eigenvalue weighted by Gasteiger charge is 2.26. The quantitative estimate of drug-likeness (QED) is 0.586. The zero-order valence-corrected chi connectivity index (χ0v) is 18.8. The molecule has 1 aliphatic heterocycles. The molecule has 1 saturated heterocycles. The number of piperidine rings is 1. The highest BCUT2D eigenvalue weighted by Crippen LogP contribution is 2.22. The molecule has 1 aliphatic rings. The molecule has 2 aromatic heterocycles. The van der Waals surface area contributed by atoms with Crippen LogP contribution in [0.15, 0.2) is 48.7 Å². The first-order chi connectivity index (χ1) is 15.1. The minimum Gasteiger partial charge on any atom is -0.380 e. The van der Waals surface area contributed by atoms with Crippen LogP contribution in [0.3, 0.4) is 0 Å². The van der Waals surface area contributed by atoms with E-state index in [0.29, 0.717) is 18.8 Å². The third kappa shape index (κ3) is 4.81. The van der Waals surface area contributed by atoms with E-state index >= 15 is 0 Å². The lowest BCUT2D eigenvalue weighted by Gasteiger charge is -2.31. The third-order valence-electron chi connectivity index (χ3n) is 6.24. The van der Waals surface area contributed by atoms with E-state index in [1.165, 1.54) is 5.56 Å². The van der Waals surface area contributed by atoms with E-state index in [0.717, 1.165) is 49.3 Å². The number of hydrogen-bond donors (Lipinski definition) is 0. The lowest BCUT2D eigenvalue weighted by Crippen LogP contribution is -2.39. The van der Waals surface area contributed by atoms with E-state index < -0.39 is 0 Å². The van der Waals surface area contributed by atoms with Gasteiger partial charge in [-0.25, -0.2) is 4.98 Å². The highest BCUT2D eigenvalue weighted by molar-refractivity contribution is 5.94. The van der Waals surface area contributed by atoms with Gasteiger partial charge in [0.2, 0.25) is 0 Å². The number of pyridine rings is 1. The molecular formula is C25H32N4O2. The Balaban J connectivity index is 1.59. The van der Waals surface area contributed by atoms with Gasteiger partial charge < -0.3 is 14.0 Å². The van der Waals surface area contributed by atoms with Crippen molar-refractivity contribution in [3.63, 3.8) is 0 Å². The lowest BCUT2D eigenvalue weighted by molar-refractivity contribution is 0.0279. The van der Waals surface area contributed by atoms with Crippen molar-refractivity contribution in [1.82, 2.24) is 19.2 Å². The van der Waals surface area contributed by atoms with E-state index in [1.807, 2.05) is 50.5 Å². The van der Waals surface area contributed by atoms with Crippen molar-refractivity contribution in [2.45, 2.75) is 38.8 Å². The number of aromatic nitrogens is 2. The number of fused-ring (bicyclic) bond motifs is 1. The molecule has 0 saturated carbocycles. The fourth-order valence-corrected chi connectivity index (χ4v) is 4.36. The third-order valence-corrected chi connectivity index (χ3v) is 6.24. The number of likely N-dealkylation sites (tertiary alicyclic amines) is 1. The number of likely N-dealkylation sites (N-methyl/N-ethyl adjacent to an activating group) is 1. The predicted molar refractivity (Wildman–Crippen MR) is 122 cm³/mol. The number of aryl methyl sites for hydroxylation is 1. The number of carbonyl (C=O) groups excluding carboxylic acids is 1. The second-order valence-corrected chi connectivity index (χ2v) is 8.49. The number of nitrogens with zero attached hydrogens (tertiary/aromatic N) is 4. The maximum atomic E-state index is 13.4. The summed E-state index contributed by atoms with van der Waals surface area (Å²) in [4.78, 5) is 22.4. The Labute approximate surface area is 184 Å². The molecule has 6 nitrogen and oxygen atoms in total. The van der Waals surface area contributed by atoms with Gasteiger partial charge in [0.1, 0.15) is 5.65 Å². The van der Waals surface area contributed by atoms with Crippen LogP contribution in [0.1, 0.15) is 40.2 Å². The number of hydrogen-bond acceptors (Lipinski definition) is 4. The molecule has 164 valence electrons. The number of carbonyl (C=O) groups is 1. The van der Waals surface area contributed by atoms with Crippen LogP contribution in [0.4, 0.5) is 0 Å². The number of benzene rings is 1. The average molecular weight is 421 g/mol. The van der Waals surface area contributed by atoms with Crippen molar-refractivity contribution in [3.8, 4) is 0 Å². The maximum absolute atomic E-state index is 13.4. The first-order valence-electron chi connectivity index (χ1n) is 11.1. The Hall–Kier alpha value is -2.70. The molecule has 0 spiro atoms. The van der Waals surface area contributed by atoms with Crippen LogP contribution in [0.2, 0.25) is 0 Å². The van der Waals surface area contributed by atoms with Crippen LogP contribution in [-0.2, 0) is 17.7 Å². The molecule has 0 N–H and O–H groups in total. The summed E-state index contributed by atoms with van der Waals surface area (Å²) in [5, 5.41) is 0. The summed E-state index contributed by atoms with van der Waals surface area (Å²) in [5.74, 6) is -0.0191. The second kappa shape index (κ2) is 9.62. The molecule has 1 fully saturated rings. The molecule has 1 amide bonds. The summed E-state index contributed by atoms with van der Waals surface area (Å²) < 4.78 is 7.69. The molecule has 6 heteroatoms. The van der Waals surface area contributed by atoms with Crippen molar-refractivity contribution in [3.05, 3.63) is 71.2 Å². The molecule has 0 unspecified atom stereocenters. The maximum Gasteiger partial charge on any atom is 0.274 e. The molecule has 3 aromatic rings. The molecular weight excluding hydrogens is 388 g/mol. The van der Waals surface area contributed by atoms with Crippen LogP contribution >= 0.6 is 0 Å². The summed E-state index contributed by atoms with van der Waals surface area (Å²) in [6, 6.07) is 14.3. The van der Waals surface area contributed by atoms with E-state index in [1.54, 1.807) is 12.0 Å². The minimum atomic E-state index is -0.0191. The Bertz CT molecular complexity index is 1030. The van der Waals surface area contributed by atoms with Crippen LogP contribution in [0, 0.1) is 6.92 Å². The second-order valence-electron chi connectivity index (χ2n) is 8.49. The Kier molecular flexibility index (Phi) is 6.68. The molecule has 31 heavy (non-hydrogen) atoms. The zero-order valence-electron chi connectivity index (χ0n) is 18.8. The summed E-state index contributed by atoms with van der Waals surface area (Å²) in [5.41, 5.74) is 4.68. The van der Waals surface area contributed by atoms with Crippen LogP contribution in [0.5, 0.6) is 0 Å². The SMILES string of the molecule is CO[C@@H]1CCCN(Cc2c(C(=O)N(C)CCc3ccccc3)nc3c(C)cccn23)C1. The van der Waals surface area contributed by atoms with E-state index in [4.69, 9.17) is 9.72 Å².